The molecule has 6 nitrogen and oxygen atoms in total. The Morgan fingerprint density at radius 1 is 1.16 bits per heavy atom. The van der Waals surface area contributed by atoms with Gasteiger partial charge < -0.3 is 19.9 Å². The van der Waals surface area contributed by atoms with Gasteiger partial charge in [0, 0.05) is 21.8 Å². The molecule has 0 aliphatic carbocycles. The lowest BCUT2D eigenvalue weighted by Crippen LogP contribution is -2.40. The Morgan fingerprint density at radius 3 is 2.45 bits per heavy atom. The molecule has 1 atom stereocenters. The van der Waals surface area contributed by atoms with Crippen molar-refractivity contribution in [2.45, 2.75) is 13.0 Å². The van der Waals surface area contributed by atoms with Crippen LogP contribution in [-0.2, 0) is 4.79 Å². The quantitative estimate of drug-likeness (QED) is 0.462. The van der Waals surface area contributed by atoms with Gasteiger partial charge in [0.05, 0.1) is 0 Å². The van der Waals surface area contributed by atoms with E-state index in [0.29, 0.717) is 27.6 Å². The Labute approximate surface area is 193 Å². The van der Waals surface area contributed by atoms with Crippen molar-refractivity contribution in [3.8, 4) is 22.6 Å². The number of hydrogen-bond donors (Lipinski definition) is 2. The van der Waals surface area contributed by atoms with Gasteiger partial charge in [-0.05, 0) is 29.8 Å². The standard InChI is InChI=1S/C20H14ClNO5S.C2H5Cl/c21-12-7-5-11(6-8-12)13-10-28-19(17(13)20(24)25)22-18(23)16-9-26-14-3-1-2-4-15(14)27-16;1-2-3/h1-8,10,16H,9H2,(H,22,23)(H,24,25);2H2,1H3. The zero-order valence-corrected chi connectivity index (χ0v) is 18.8. The molecule has 3 aromatic rings. The second-order valence-corrected chi connectivity index (χ2v) is 8.14. The predicted octanol–water partition coefficient (Wildman–Crippen LogP) is 5.79. The third-order valence-electron chi connectivity index (χ3n) is 4.20. The summed E-state index contributed by atoms with van der Waals surface area (Å²) in [5.74, 6) is 0.161. The molecular weight excluding hydrogens is 461 g/mol. The van der Waals surface area contributed by atoms with E-state index in [1.807, 2.05) is 13.0 Å². The Kier molecular flexibility index (Phi) is 7.79. The summed E-state index contributed by atoms with van der Waals surface area (Å²) in [7, 11) is 0. The van der Waals surface area contributed by atoms with Crippen molar-refractivity contribution in [1.29, 1.82) is 0 Å². The first-order chi connectivity index (χ1) is 14.9. The number of benzene rings is 2. The molecule has 31 heavy (non-hydrogen) atoms. The number of alkyl halides is 1. The molecule has 2 heterocycles. The number of para-hydroxylation sites is 2. The monoisotopic (exact) mass is 479 g/mol. The minimum absolute atomic E-state index is 0.0257. The van der Waals surface area contributed by atoms with Gasteiger partial charge in [-0.25, -0.2) is 4.79 Å². The number of halogens is 2. The van der Waals surface area contributed by atoms with Gasteiger partial charge in [-0.15, -0.1) is 22.9 Å². The maximum Gasteiger partial charge on any atom is 0.339 e. The smallest absolute Gasteiger partial charge is 0.339 e. The van der Waals surface area contributed by atoms with Crippen LogP contribution in [0.3, 0.4) is 0 Å². The lowest BCUT2D eigenvalue weighted by Gasteiger charge is -2.25. The molecule has 162 valence electrons. The number of hydrogen-bond acceptors (Lipinski definition) is 5. The fourth-order valence-corrected chi connectivity index (χ4v) is 3.94. The number of aromatic carboxylic acids is 1. The second-order valence-electron chi connectivity index (χ2n) is 6.29. The summed E-state index contributed by atoms with van der Waals surface area (Å²) in [5, 5.41) is 14.8. The number of nitrogens with one attached hydrogen (secondary N) is 1. The van der Waals surface area contributed by atoms with Gasteiger partial charge >= 0.3 is 5.97 Å². The predicted molar refractivity (Wildman–Crippen MR) is 123 cm³/mol. The molecule has 1 aliphatic rings. The number of carboxylic acid groups (broad SMARTS) is 1. The average Bonchev–Trinajstić information content (AvgIpc) is 3.18. The molecule has 2 N–H and O–H groups in total. The van der Waals surface area contributed by atoms with E-state index in [4.69, 9.17) is 32.7 Å². The molecule has 9 heteroatoms. The maximum atomic E-state index is 12.6. The summed E-state index contributed by atoms with van der Waals surface area (Å²) in [5.41, 5.74) is 1.23. The van der Waals surface area contributed by atoms with E-state index in [-0.39, 0.29) is 17.2 Å². The summed E-state index contributed by atoms with van der Waals surface area (Å²) in [6.45, 7) is 1.93. The second kappa shape index (κ2) is 10.5. The lowest BCUT2D eigenvalue weighted by molar-refractivity contribution is -0.125. The zero-order chi connectivity index (χ0) is 22.4. The third kappa shape index (κ3) is 5.50. The van der Waals surface area contributed by atoms with Crippen LogP contribution in [-0.4, -0.2) is 35.6 Å². The van der Waals surface area contributed by atoms with Crippen LogP contribution in [0.25, 0.3) is 11.1 Å². The molecule has 1 unspecified atom stereocenters. The highest BCUT2D eigenvalue weighted by molar-refractivity contribution is 7.15. The van der Waals surface area contributed by atoms with Gasteiger partial charge in [-0.1, -0.05) is 42.8 Å². The summed E-state index contributed by atoms with van der Waals surface area (Å²) < 4.78 is 11.2. The number of carbonyl (C=O) groups excluding carboxylic acids is 1. The minimum atomic E-state index is -1.13. The lowest BCUT2D eigenvalue weighted by atomic mass is 10.0. The van der Waals surface area contributed by atoms with Gasteiger partial charge in [0.15, 0.2) is 11.5 Å². The molecule has 1 aromatic heterocycles. The molecule has 4 rings (SSSR count). The van der Waals surface area contributed by atoms with E-state index in [1.54, 1.807) is 47.8 Å². The van der Waals surface area contributed by atoms with E-state index in [9.17, 15) is 14.7 Å². The van der Waals surface area contributed by atoms with Gasteiger partial charge in [0.25, 0.3) is 5.91 Å². The highest BCUT2D eigenvalue weighted by atomic mass is 35.5. The summed E-state index contributed by atoms with van der Waals surface area (Å²) in [6.07, 6.45) is -0.877. The van der Waals surface area contributed by atoms with E-state index in [0.717, 1.165) is 17.2 Å². The summed E-state index contributed by atoms with van der Waals surface area (Å²) in [4.78, 5) is 24.5. The summed E-state index contributed by atoms with van der Waals surface area (Å²) in [6, 6.07) is 13.9. The molecule has 1 aliphatic heterocycles. The molecule has 1 amide bonds. The van der Waals surface area contributed by atoms with Crippen LogP contribution in [0.5, 0.6) is 11.5 Å². The first-order valence-corrected chi connectivity index (χ1v) is 11.1. The molecule has 0 bridgehead atoms. The van der Waals surface area contributed by atoms with E-state index in [1.165, 1.54) is 0 Å². The van der Waals surface area contributed by atoms with Crippen molar-refractivity contribution in [2.75, 3.05) is 17.8 Å². The summed E-state index contributed by atoms with van der Waals surface area (Å²) >= 11 is 12.0. The van der Waals surface area contributed by atoms with Crippen LogP contribution in [0.4, 0.5) is 5.00 Å². The van der Waals surface area contributed by atoms with Crippen LogP contribution in [0.15, 0.2) is 53.9 Å². The van der Waals surface area contributed by atoms with Crippen molar-refractivity contribution in [3.05, 3.63) is 64.5 Å². The van der Waals surface area contributed by atoms with E-state index < -0.39 is 18.0 Å². The van der Waals surface area contributed by atoms with E-state index in [2.05, 4.69) is 5.32 Å². The number of carboxylic acids is 1. The van der Waals surface area contributed by atoms with Gasteiger partial charge in [-0.3, -0.25) is 4.79 Å². The fraction of sp³-hybridized carbons (Fsp3) is 0.182. The number of thiophene rings is 1. The SMILES string of the molecule is CCCl.O=C(O)c1c(-c2ccc(Cl)cc2)csc1NC(=O)C1COc2ccccc2O1. The normalized spacial score (nSPS) is 14.2. The number of amides is 1. The van der Waals surface area contributed by atoms with Gasteiger partial charge in [0.2, 0.25) is 6.10 Å². The molecule has 0 saturated heterocycles. The number of fused-ring (bicyclic) bond motifs is 1. The van der Waals surface area contributed by atoms with Crippen molar-refractivity contribution >= 4 is 51.4 Å². The van der Waals surface area contributed by atoms with Crippen LogP contribution in [0, 0.1) is 0 Å². The van der Waals surface area contributed by atoms with Crippen LogP contribution < -0.4 is 14.8 Å². The van der Waals surface area contributed by atoms with Gasteiger partial charge in [-0.2, -0.15) is 0 Å². The zero-order valence-electron chi connectivity index (χ0n) is 16.4. The number of carbonyl (C=O) groups is 2. The van der Waals surface area contributed by atoms with E-state index >= 15 is 0 Å². The van der Waals surface area contributed by atoms with Crippen molar-refractivity contribution in [2.24, 2.45) is 0 Å². The van der Waals surface area contributed by atoms with Crippen LogP contribution in [0.1, 0.15) is 17.3 Å². The highest BCUT2D eigenvalue weighted by Crippen LogP contribution is 2.37. The van der Waals surface area contributed by atoms with Crippen molar-refractivity contribution in [3.63, 3.8) is 0 Å². The molecule has 0 saturated carbocycles. The Bertz CT molecular complexity index is 1070. The van der Waals surface area contributed by atoms with Gasteiger partial charge in [0.1, 0.15) is 17.2 Å². The fourth-order valence-electron chi connectivity index (χ4n) is 2.85. The maximum absolute atomic E-state index is 12.6. The first kappa shape index (κ1) is 22.9. The first-order valence-electron chi connectivity index (χ1n) is 9.30. The molecule has 0 spiro atoms. The average molecular weight is 480 g/mol. The van der Waals surface area contributed by atoms with Crippen molar-refractivity contribution in [1.82, 2.24) is 0 Å². The Hall–Kier alpha value is -2.74. The topological polar surface area (TPSA) is 84.9 Å². The molecule has 2 aromatic carbocycles. The largest absolute Gasteiger partial charge is 0.485 e. The molecular formula is C22H19Cl2NO5S. The van der Waals surface area contributed by atoms with Crippen LogP contribution >= 0.6 is 34.5 Å². The number of ether oxygens (including phenoxy) is 2. The highest BCUT2D eigenvalue weighted by Gasteiger charge is 2.29. The molecule has 0 radical (unpaired) electrons. The number of anilines is 1. The van der Waals surface area contributed by atoms with Crippen molar-refractivity contribution < 1.29 is 24.2 Å². The minimum Gasteiger partial charge on any atom is -0.485 e. The number of rotatable bonds is 4. The Balaban J connectivity index is 0.000000858. The molecule has 0 fully saturated rings. The van der Waals surface area contributed by atoms with Crippen LogP contribution in [0.2, 0.25) is 5.02 Å². The Morgan fingerprint density at radius 2 is 1.81 bits per heavy atom. The third-order valence-corrected chi connectivity index (χ3v) is 5.35.